The maximum absolute atomic E-state index is 13.3. The largest absolute Gasteiger partial charge is 0.392 e. The molecule has 186 valence electrons. The molecule has 3 aromatic carbocycles. The Morgan fingerprint density at radius 3 is 2.65 bits per heavy atom. The highest BCUT2D eigenvalue weighted by Crippen LogP contribution is 2.30. The van der Waals surface area contributed by atoms with Crippen LogP contribution < -0.4 is 10.9 Å². The van der Waals surface area contributed by atoms with Gasteiger partial charge in [-0.3, -0.25) is 14.3 Å². The first-order valence-electron chi connectivity index (χ1n) is 12.2. The van der Waals surface area contributed by atoms with Crippen LogP contribution in [0.3, 0.4) is 0 Å². The second-order valence-corrected chi connectivity index (χ2v) is 9.21. The lowest BCUT2D eigenvalue weighted by atomic mass is 9.99. The number of carbonyl (C=O) groups excluding carboxylic acids is 1. The van der Waals surface area contributed by atoms with Crippen LogP contribution in [0.25, 0.3) is 32.9 Å². The molecule has 1 unspecified atom stereocenters. The SMILES string of the molecule is O=C(Nc1ccc(-c2n[nH]c(=O)c3ccccc23)c(CO)c1)c1nn(CC2CCOC2)c2ccccc12. The van der Waals surface area contributed by atoms with E-state index in [9.17, 15) is 14.7 Å². The Balaban J connectivity index is 1.32. The highest BCUT2D eigenvalue weighted by Gasteiger charge is 2.22. The van der Waals surface area contributed by atoms with Gasteiger partial charge in [-0.05, 0) is 36.2 Å². The van der Waals surface area contributed by atoms with E-state index in [1.807, 2.05) is 41.1 Å². The summed E-state index contributed by atoms with van der Waals surface area (Å²) in [6, 6.07) is 20.1. The molecule has 1 amide bonds. The van der Waals surface area contributed by atoms with E-state index in [1.54, 1.807) is 30.3 Å². The molecule has 0 bridgehead atoms. The number of aromatic nitrogens is 4. The number of aliphatic hydroxyl groups is 1. The minimum absolute atomic E-state index is 0.269. The van der Waals surface area contributed by atoms with Crippen molar-refractivity contribution in [2.75, 3.05) is 18.5 Å². The Kier molecular flexibility index (Phi) is 5.99. The van der Waals surface area contributed by atoms with Crippen LogP contribution in [-0.2, 0) is 17.9 Å². The molecule has 5 aromatic rings. The van der Waals surface area contributed by atoms with Crippen molar-refractivity contribution >= 4 is 33.3 Å². The Morgan fingerprint density at radius 2 is 1.86 bits per heavy atom. The molecule has 0 spiro atoms. The monoisotopic (exact) mass is 495 g/mol. The molecule has 37 heavy (non-hydrogen) atoms. The Labute approximate surface area is 211 Å². The number of hydrogen-bond donors (Lipinski definition) is 3. The summed E-state index contributed by atoms with van der Waals surface area (Å²) < 4.78 is 7.39. The van der Waals surface area contributed by atoms with Gasteiger partial charge in [0, 0.05) is 41.1 Å². The van der Waals surface area contributed by atoms with Crippen LogP contribution in [0.15, 0.2) is 71.5 Å². The summed E-state index contributed by atoms with van der Waals surface area (Å²) in [5.41, 5.74) is 3.29. The number of anilines is 1. The van der Waals surface area contributed by atoms with Crippen molar-refractivity contribution in [2.24, 2.45) is 5.92 Å². The quantitative estimate of drug-likeness (QED) is 0.330. The van der Waals surface area contributed by atoms with Gasteiger partial charge in [-0.15, -0.1) is 0 Å². The number of aromatic amines is 1. The van der Waals surface area contributed by atoms with Crippen LogP contribution in [0.2, 0.25) is 0 Å². The number of hydrogen-bond acceptors (Lipinski definition) is 6. The number of aliphatic hydroxyl groups excluding tert-OH is 1. The zero-order valence-corrected chi connectivity index (χ0v) is 20.0. The van der Waals surface area contributed by atoms with Gasteiger partial charge in [-0.2, -0.15) is 10.2 Å². The Hall–Kier alpha value is -4.34. The van der Waals surface area contributed by atoms with Crippen molar-refractivity contribution in [3.05, 3.63) is 88.3 Å². The minimum atomic E-state index is -0.332. The number of nitrogens with zero attached hydrogens (tertiary/aromatic N) is 3. The molecule has 3 heterocycles. The van der Waals surface area contributed by atoms with Gasteiger partial charge in [-0.1, -0.05) is 42.5 Å². The molecule has 1 atom stereocenters. The topological polar surface area (TPSA) is 122 Å². The van der Waals surface area contributed by atoms with Gasteiger partial charge in [0.1, 0.15) is 0 Å². The predicted octanol–water partition coefficient (Wildman–Crippen LogP) is 3.72. The van der Waals surface area contributed by atoms with Crippen LogP contribution in [-0.4, -0.2) is 44.2 Å². The molecule has 0 saturated carbocycles. The fourth-order valence-electron chi connectivity index (χ4n) is 4.95. The highest BCUT2D eigenvalue weighted by molar-refractivity contribution is 6.11. The highest BCUT2D eigenvalue weighted by atomic mass is 16.5. The maximum Gasteiger partial charge on any atom is 0.276 e. The number of para-hydroxylation sites is 1. The molecule has 1 fully saturated rings. The standard InChI is InChI=1S/C28H25N5O4/c34-15-18-13-19(9-10-20(18)25-21-5-1-2-6-22(21)27(35)31-30-25)29-28(36)26-23-7-3-4-8-24(23)33(32-26)14-17-11-12-37-16-17/h1-10,13,17,34H,11-12,14-16H2,(H,29,36)(H,31,35). The number of nitrogens with one attached hydrogen (secondary N) is 2. The van der Waals surface area contributed by atoms with Crippen LogP contribution in [0.5, 0.6) is 0 Å². The number of amides is 1. The molecular formula is C28H25N5O4. The van der Waals surface area contributed by atoms with E-state index in [2.05, 4.69) is 20.6 Å². The molecule has 9 heteroatoms. The van der Waals surface area contributed by atoms with E-state index >= 15 is 0 Å². The normalized spacial score (nSPS) is 15.4. The maximum atomic E-state index is 13.3. The zero-order chi connectivity index (χ0) is 25.4. The lowest BCUT2D eigenvalue weighted by molar-refractivity contribution is 0.102. The van der Waals surface area contributed by atoms with Crippen molar-refractivity contribution in [1.82, 2.24) is 20.0 Å². The molecule has 1 saturated heterocycles. The van der Waals surface area contributed by atoms with E-state index in [-0.39, 0.29) is 18.1 Å². The molecule has 3 N–H and O–H groups in total. The molecule has 1 aliphatic heterocycles. The van der Waals surface area contributed by atoms with Crippen LogP contribution >= 0.6 is 0 Å². The fraction of sp³-hybridized carbons (Fsp3) is 0.214. The summed E-state index contributed by atoms with van der Waals surface area (Å²) >= 11 is 0. The first kappa shape index (κ1) is 23.1. The summed E-state index contributed by atoms with van der Waals surface area (Å²) in [6.45, 7) is 1.88. The molecule has 2 aromatic heterocycles. The average molecular weight is 496 g/mol. The third-order valence-electron chi connectivity index (χ3n) is 6.81. The number of fused-ring (bicyclic) bond motifs is 2. The first-order chi connectivity index (χ1) is 18.1. The second kappa shape index (κ2) is 9.61. The van der Waals surface area contributed by atoms with Gasteiger partial charge in [0.05, 0.1) is 29.8 Å². The van der Waals surface area contributed by atoms with Gasteiger partial charge in [0.15, 0.2) is 5.69 Å². The zero-order valence-electron chi connectivity index (χ0n) is 20.0. The number of ether oxygens (including phenoxy) is 1. The van der Waals surface area contributed by atoms with Gasteiger partial charge < -0.3 is 15.2 Å². The first-order valence-corrected chi connectivity index (χ1v) is 12.2. The van der Waals surface area contributed by atoms with Crippen LogP contribution in [0, 0.1) is 5.92 Å². The molecule has 1 aliphatic rings. The predicted molar refractivity (Wildman–Crippen MR) is 140 cm³/mol. The lowest BCUT2D eigenvalue weighted by Gasteiger charge is -2.12. The van der Waals surface area contributed by atoms with Gasteiger partial charge in [0.25, 0.3) is 11.5 Å². The number of H-pyrrole nitrogens is 1. The van der Waals surface area contributed by atoms with Crippen molar-refractivity contribution < 1.29 is 14.6 Å². The van der Waals surface area contributed by atoms with Crippen LogP contribution in [0.4, 0.5) is 5.69 Å². The summed E-state index contributed by atoms with van der Waals surface area (Å²) in [7, 11) is 0. The molecule has 0 aliphatic carbocycles. The van der Waals surface area contributed by atoms with E-state index in [4.69, 9.17) is 4.74 Å². The Bertz CT molecular complexity index is 1680. The summed E-state index contributed by atoms with van der Waals surface area (Å²) in [5.74, 6) is 0.0402. The van der Waals surface area contributed by atoms with E-state index < -0.39 is 0 Å². The number of carbonyl (C=O) groups is 1. The third kappa shape index (κ3) is 4.28. The minimum Gasteiger partial charge on any atom is -0.392 e. The Morgan fingerprint density at radius 1 is 1.08 bits per heavy atom. The number of rotatable bonds is 6. The second-order valence-electron chi connectivity index (χ2n) is 9.21. The van der Waals surface area contributed by atoms with Crippen molar-refractivity contribution in [3.8, 4) is 11.3 Å². The molecule has 6 rings (SSSR count). The van der Waals surface area contributed by atoms with E-state index in [0.29, 0.717) is 58.0 Å². The third-order valence-corrected chi connectivity index (χ3v) is 6.81. The average Bonchev–Trinajstić information content (AvgIpc) is 3.58. The molecule has 9 nitrogen and oxygen atoms in total. The van der Waals surface area contributed by atoms with Crippen molar-refractivity contribution in [1.29, 1.82) is 0 Å². The van der Waals surface area contributed by atoms with Crippen molar-refractivity contribution in [3.63, 3.8) is 0 Å². The summed E-state index contributed by atoms with van der Waals surface area (Å²) in [6.07, 6.45) is 0.978. The van der Waals surface area contributed by atoms with E-state index in [1.165, 1.54) is 0 Å². The van der Waals surface area contributed by atoms with E-state index in [0.717, 1.165) is 23.9 Å². The molecular weight excluding hydrogens is 470 g/mol. The lowest BCUT2D eigenvalue weighted by Crippen LogP contribution is -2.16. The summed E-state index contributed by atoms with van der Waals surface area (Å²) in [4.78, 5) is 25.5. The van der Waals surface area contributed by atoms with Crippen LogP contribution in [0.1, 0.15) is 22.5 Å². The fourth-order valence-corrected chi connectivity index (χ4v) is 4.95. The summed E-state index contributed by atoms with van der Waals surface area (Å²) in [5, 5.41) is 26.5. The van der Waals surface area contributed by atoms with Gasteiger partial charge >= 0.3 is 0 Å². The smallest absolute Gasteiger partial charge is 0.276 e. The molecule has 0 radical (unpaired) electrons. The number of benzene rings is 3. The van der Waals surface area contributed by atoms with Gasteiger partial charge in [-0.25, -0.2) is 5.10 Å². The van der Waals surface area contributed by atoms with Crippen molar-refractivity contribution in [2.45, 2.75) is 19.6 Å². The van der Waals surface area contributed by atoms with Gasteiger partial charge in [0.2, 0.25) is 0 Å².